The molecule has 3 aromatic carbocycles. The number of hydrogen-bond acceptors (Lipinski definition) is 6. The third kappa shape index (κ3) is 5.14. The van der Waals surface area contributed by atoms with Gasteiger partial charge in [-0.25, -0.2) is 4.79 Å². The zero-order valence-electron chi connectivity index (χ0n) is 20.0. The number of amides is 1. The predicted octanol–water partition coefficient (Wildman–Crippen LogP) is 5.59. The summed E-state index contributed by atoms with van der Waals surface area (Å²) in [5.74, 6) is 0.552. The average molecular weight is 473 g/mol. The van der Waals surface area contributed by atoms with E-state index in [0.717, 1.165) is 16.8 Å². The number of benzene rings is 3. The average Bonchev–Trinajstić information content (AvgIpc) is 3.18. The third-order valence-corrected chi connectivity index (χ3v) is 5.41. The van der Waals surface area contributed by atoms with E-state index in [2.05, 4.69) is 10.6 Å². The van der Waals surface area contributed by atoms with Gasteiger partial charge in [-0.05, 0) is 56.7 Å². The fraction of sp³-hybridized carbons (Fsp3) is 0.214. The van der Waals surface area contributed by atoms with Crippen LogP contribution in [-0.2, 0) is 9.53 Å². The summed E-state index contributed by atoms with van der Waals surface area (Å²) in [5.41, 5.74) is 4.52. The zero-order chi connectivity index (χ0) is 24.8. The van der Waals surface area contributed by atoms with Crippen molar-refractivity contribution in [2.75, 3.05) is 30.5 Å². The predicted molar refractivity (Wildman–Crippen MR) is 137 cm³/mol. The topological polar surface area (TPSA) is 85.9 Å². The first kappa shape index (κ1) is 23.9. The van der Waals surface area contributed by atoms with Crippen LogP contribution in [0.5, 0.6) is 11.5 Å². The van der Waals surface area contributed by atoms with E-state index in [1.54, 1.807) is 37.3 Å². The number of ether oxygens (including phenoxy) is 3. The molecule has 0 saturated heterocycles. The molecule has 0 atom stereocenters. The molecule has 7 nitrogen and oxygen atoms in total. The van der Waals surface area contributed by atoms with Crippen LogP contribution in [0.15, 0.2) is 66.7 Å². The van der Waals surface area contributed by atoms with Gasteiger partial charge in [-0.2, -0.15) is 0 Å². The molecule has 1 aliphatic heterocycles. The van der Waals surface area contributed by atoms with Gasteiger partial charge in [0.05, 0.1) is 42.3 Å². The van der Waals surface area contributed by atoms with Crippen molar-refractivity contribution in [1.82, 2.24) is 0 Å². The molecule has 1 heterocycles. The lowest BCUT2D eigenvalue weighted by Crippen LogP contribution is -2.10. The number of esters is 1. The van der Waals surface area contributed by atoms with E-state index < -0.39 is 0 Å². The zero-order valence-corrected chi connectivity index (χ0v) is 20.0. The highest BCUT2D eigenvalue weighted by Gasteiger charge is 2.30. The molecule has 7 heteroatoms. The number of anilines is 2. The fourth-order valence-electron chi connectivity index (χ4n) is 3.89. The molecule has 0 aromatic heterocycles. The number of rotatable bonds is 9. The largest absolute Gasteiger partial charge is 0.490 e. The molecule has 1 aliphatic rings. The van der Waals surface area contributed by atoms with Gasteiger partial charge in [-0.3, -0.25) is 4.79 Å². The van der Waals surface area contributed by atoms with E-state index in [0.29, 0.717) is 53.8 Å². The number of nitrogens with one attached hydrogen (secondary N) is 2. The van der Waals surface area contributed by atoms with Gasteiger partial charge in [0, 0.05) is 17.3 Å². The Kier molecular flexibility index (Phi) is 7.35. The van der Waals surface area contributed by atoms with Gasteiger partial charge in [0.25, 0.3) is 5.91 Å². The molecular formula is C28H28N2O5. The number of carbonyl (C=O) groups is 2. The minimum absolute atomic E-state index is 0.231. The molecule has 3 aromatic rings. The van der Waals surface area contributed by atoms with Crippen LogP contribution < -0.4 is 20.1 Å². The van der Waals surface area contributed by atoms with Gasteiger partial charge in [-0.1, -0.05) is 30.3 Å². The highest BCUT2D eigenvalue weighted by atomic mass is 16.5. The van der Waals surface area contributed by atoms with Crippen LogP contribution >= 0.6 is 0 Å². The molecular weight excluding hydrogens is 444 g/mol. The Bertz CT molecular complexity index is 1250. The summed E-state index contributed by atoms with van der Waals surface area (Å²) in [5, 5.41) is 6.35. The second kappa shape index (κ2) is 10.8. The molecule has 2 N–H and O–H groups in total. The number of carbonyl (C=O) groups excluding carboxylic acids is 2. The van der Waals surface area contributed by atoms with Gasteiger partial charge >= 0.3 is 5.97 Å². The number of fused-ring (bicyclic) bond motifs is 1. The van der Waals surface area contributed by atoms with Crippen molar-refractivity contribution in [1.29, 1.82) is 0 Å². The molecule has 0 radical (unpaired) electrons. The first-order valence-electron chi connectivity index (χ1n) is 11.6. The Hall–Kier alpha value is -4.26. The van der Waals surface area contributed by atoms with Gasteiger partial charge in [0.15, 0.2) is 11.5 Å². The Balaban J connectivity index is 1.81. The maximum atomic E-state index is 13.2. The van der Waals surface area contributed by atoms with Gasteiger partial charge in [0.2, 0.25) is 0 Å². The summed E-state index contributed by atoms with van der Waals surface area (Å²) in [6, 6.07) is 20.2. The van der Waals surface area contributed by atoms with Crippen molar-refractivity contribution in [3.05, 3.63) is 83.4 Å². The summed E-state index contributed by atoms with van der Waals surface area (Å²) < 4.78 is 16.6. The monoisotopic (exact) mass is 472 g/mol. The lowest BCUT2D eigenvalue weighted by molar-refractivity contribution is -0.110. The minimum Gasteiger partial charge on any atom is -0.490 e. The molecule has 0 bridgehead atoms. The Morgan fingerprint density at radius 2 is 1.49 bits per heavy atom. The highest BCUT2D eigenvalue weighted by Crippen LogP contribution is 2.43. The van der Waals surface area contributed by atoms with Crippen LogP contribution in [0.25, 0.3) is 11.3 Å². The summed E-state index contributed by atoms with van der Waals surface area (Å²) >= 11 is 0. The Morgan fingerprint density at radius 3 is 2.11 bits per heavy atom. The first-order chi connectivity index (χ1) is 17.0. The van der Waals surface area contributed by atoms with Gasteiger partial charge in [0.1, 0.15) is 0 Å². The van der Waals surface area contributed by atoms with Crippen LogP contribution in [0.3, 0.4) is 0 Å². The molecule has 1 amide bonds. The van der Waals surface area contributed by atoms with Crippen molar-refractivity contribution in [3.63, 3.8) is 0 Å². The molecule has 4 rings (SSSR count). The van der Waals surface area contributed by atoms with Crippen molar-refractivity contribution in [3.8, 4) is 11.5 Å². The van der Waals surface area contributed by atoms with Gasteiger partial charge < -0.3 is 24.8 Å². The van der Waals surface area contributed by atoms with E-state index in [1.807, 2.05) is 50.2 Å². The highest BCUT2D eigenvalue weighted by molar-refractivity contribution is 6.37. The van der Waals surface area contributed by atoms with Crippen LogP contribution in [0.2, 0.25) is 0 Å². The van der Waals surface area contributed by atoms with Crippen LogP contribution in [0.4, 0.5) is 11.4 Å². The Labute approximate surface area is 204 Å². The molecule has 0 aliphatic carbocycles. The summed E-state index contributed by atoms with van der Waals surface area (Å²) in [4.78, 5) is 25.3. The molecule has 35 heavy (non-hydrogen) atoms. The smallest absolute Gasteiger partial charge is 0.338 e. The lowest BCUT2D eigenvalue weighted by atomic mass is 9.99. The second-order valence-electron chi connectivity index (χ2n) is 7.70. The summed E-state index contributed by atoms with van der Waals surface area (Å²) in [6.07, 6.45) is 0. The number of hydrogen-bond donors (Lipinski definition) is 2. The van der Waals surface area contributed by atoms with Crippen LogP contribution in [0.1, 0.15) is 42.3 Å². The maximum Gasteiger partial charge on any atom is 0.338 e. The van der Waals surface area contributed by atoms with E-state index in [1.165, 1.54) is 0 Å². The van der Waals surface area contributed by atoms with E-state index in [9.17, 15) is 9.59 Å². The second-order valence-corrected chi connectivity index (χ2v) is 7.70. The quantitative estimate of drug-likeness (QED) is 0.312. The minimum atomic E-state index is -0.377. The standard InChI is InChI=1S/C28H28N2O5/c1-4-33-23-16-21-22(17-24(23)34-5-2)30-27(31)25(21)26(18-10-8-7-9-11-18)29-20-14-12-19(13-15-20)28(32)35-6-3/h7-17,29H,4-6H2,1-3H3,(H,30,31)/b26-25-. The van der Waals surface area contributed by atoms with Crippen molar-refractivity contribution in [2.24, 2.45) is 0 Å². The van der Waals surface area contributed by atoms with E-state index in [4.69, 9.17) is 14.2 Å². The SMILES string of the molecule is CCOC(=O)c1ccc(N/C(=C2\C(=O)Nc3cc(OCC)c(OCC)cc32)c2ccccc2)cc1. The fourth-order valence-corrected chi connectivity index (χ4v) is 3.89. The van der Waals surface area contributed by atoms with Crippen LogP contribution in [0, 0.1) is 0 Å². The molecule has 0 unspecified atom stereocenters. The van der Waals surface area contributed by atoms with Crippen molar-refractivity contribution >= 4 is 34.5 Å². The van der Waals surface area contributed by atoms with E-state index in [-0.39, 0.29) is 11.9 Å². The third-order valence-electron chi connectivity index (χ3n) is 5.41. The summed E-state index contributed by atoms with van der Waals surface area (Å²) in [6.45, 7) is 6.83. The molecule has 0 saturated carbocycles. The van der Waals surface area contributed by atoms with Crippen molar-refractivity contribution in [2.45, 2.75) is 20.8 Å². The van der Waals surface area contributed by atoms with Gasteiger partial charge in [-0.15, -0.1) is 0 Å². The van der Waals surface area contributed by atoms with E-state index >= 15 is 0 Å². The van der Waals surface area contributed by atoms with Crippen LogP contribution in [-0.4, -0.2) is 31.7 Å². The first-order valence-corrected chi connectivity index (χ1v) is 11.6. The Morgan fingerprint density at radius 1 is 0.829 bits per heavy atom. The molecule has 180 valence electrons. The normalized spacial score (nSPS) is 13.5. The maximum absolute atomic E-state index is 13.2. The lowest BCUT2D eigenvalue weighted by Gasteiger charge is -2.16. The van der Waals surface area contributed by atoms with Crippen molar-refractivity contribution < 1.29 is 23.8 Å². The summed E-state index contributed by atoms with van der Waals surface area (Å²) in [7, 11) is 0. The molecule has 0 spiro atoms. The molecule has 0 fully saturated rings.